The number of piperidine rings is 1. The van der Waals surface area contributed by atoms with Crippen LogP contribution in [0.15, 0.2) is 0 Å². The van der Waals surface area contributed by atoms with Gasteiger partial charge in [-0.2, -0.15) is 0 Å². The van der Waals surface area contributed by atoms with E-state index in [0.29, 0.717) is 10.8 Å². The maximum atomic E-state index is 3.47. The minimum absolute atomic E-state index is 0.620. The fourth-order valence-corrected chi connectivity index (χ4v) is 3.30. The molecule has 1 heterocycles. The SMILES string of the molecule is CC1(C)CCCC12CCNCC2. The molecule has 0 atom stereocenters. The molecule has 0 aromatic carbocycles. The summed E-state index contributed by atoms with van der Waals surface area (Å²) in [6.45, 7) is 7.46. The summed E-state index contributed by atoms with van der Waals surface area (Å²) in [6.07, 6.45) is 7.24. The molecule has 70 valence electrons. The van der Waals surface area contributed by atoms with Crippen LogP contribution >= 0.6 is 0 Å². The number of rotatable bonds is 0. The summed E-state index contributed by atoms with van der Waals surface area (Å²) in [5, 5.41) is 3.47. The lowest BCUT2D eigenvalue weighted by Crippen LogP contribution is -2.42. The van der Waals surface area contributed by atoms with Gasteiger partial charge in [-0.25, -0.2) is 0 Å². The molecule has 0 aromatic rings. The molecule has 1 N–H and O–H groups in total. The molecule has 1 aliphatic heterocycles. The van der Waals surface area contributed by atoms with Crippen molar-refractivity contribution in [2.24, 2.45) is 10.8 Å². The minimum Gasteiger partial charge on any atom is -0.317 e. The zero-order valence-corrected chi connectivity index (χ0v) is 8.45. The van der Waals surface area contributed by atoms with E-state index in [-0.39, 0.29) is 0 Å². The van der Waals surface area contributed by atoms with Crippen molar-refractivity contribution in [2.45, 2.75) is 46.0 Å². The molecule has 1 nitrogen and oxygen atoms in total. The molecule has 12 heavy (non-hydrogen) atoms. The average molecular weight is 167 g/mol. The van der Waals surface area contributed by atoms with E-state index >= 15 is 0 Å². The summed E-state index contributed by atoms with van der Waals surface area (Å²) in [4.78, 5) is 0. The normalized spacial score (nSPS) is 32.5. The highest BCUT2D eigenvalue weighted by Crippen LogP contribution is 2.57. The van der Waals surface area contributed by atoms with Crippen LogP contribution in [0.3, 0.4) is 0 Å². The molecule has 2 fully saturated rings. The summed E-state index contributed by atoms with van der Waals surface area (Å²) in [7, 11) is 0. The van der Waals surface area contributed by atoms with E-state index in [1.165, 1.54) is 45.2 Å². The van der Waals surface area contributed by atoms with Crippen molar-refractivity contribution in [3.63, 3.8) is 0 Å². The van der Waals surface area contributed by atoms with Gasteiger partial charge in [0.15, 0.2) is 0 Å². The van der Waals surface area contributed by atoms with Crippen LogP contribution in [0.4, 0.5) is 0 Å². The zero-order valence-electron chi connectivity index (χ0n) is 8.45. The highest BCUT2D eigenvalue weighted by atomic mass is 14.9. The largest absolute Gasteiger partial charge is 0.317 e. The molecule has 0 aromatic heterocycles. The highest BCUT2D eigenvalue weighted by Gasteiger charge is 2.48. The molecule has 2 rings (SSSR count). The van der Waals surface area contributed by atoms with Crippen LogP contribution in [-0.4, -0.2) is 13.1 Å². The Balaban J connectivity index is 2.17. The molecular weight excluding hydrogens is 146 g/mol. The molecule has 0 radical (unpaired) electrons. The van der Waals surface area contributed by atoms with Crippen molar-refractivity contribution < 1.29 is 0 Å². The molecule has 0 bridgehead atoms. The first-order chi connectivity index (χ1) is 5.66. The van der Waals surface area contributed by atoms with Gasteiger partial charge in [-0.05, 0) is 49.6 Å². The van der Waals surface area contributed by atoms with Gasteiger partial charge < -0.3 is 5.32 Å². The molecule has 0 amide bonds. The Bertz CT molecular complexity index is 166. The zero-order chi connectivity index (χ0) is 8.66. The smallest absolute Gasteiger partial charge is 0.00434 e. The number of hydrogen-bond donors (Lipinski definition) is 1. The quantitative estimate of drug-likeness (QED) is 0.584. The molecule has 1 saturated heterocycles. The number of hydrogen-bond acceptors (Lipinski definition) is 1. The lowest BCUT2D eigenvalue weighted by molar-refractivity contribution is 0.0675. The van der Waals surface area contributed by atoms with Gasteiger partial charge in [-0.1, -0.05) is 20.3 Å². The van der Waals surface area contributed by atoms with Crippen molar-refractivity contribution in [1.29, 1.82) is 0 Å². The summed E-state index contributed by atoms with van der Waals surface area (Å²) in [5.41, 5.74) is 1.33. The van der Waals surface area contributed by atoms with Crippen LogP contribution in [0.5, 0.6) is 0 Å². The van der Waals surface area contributed by atoms with Crippen LogP contribution in [-0.2, 0) is 0 Å². The Labute approximate surface area is 75.9 Å². The molecule has 1 heteroatoms. The molecule has 1 aliphatic carbocycles. The first-order valence-corrected chi connectivity index (χ1v) is 5.37. The molecule has 0 unspecified atom stereocenters. The predicted molar refractivity (Wildman–Crippen MR) is 52.2 cm³/mol. The van der Waals surface area contributed by atoms with Gasteiger partial charge in [-0.3, -0.25) is 0 Å². The van der Waals surface area contributed by atoms with E-state index in [1.54, 1.807) is 0 Å². The number of nitrogens with one attached hydrogen (secondary N) is 1. The van der Waals surface area contributed by atoms with E-state index < -0.39 is 0 Å². The molecular formula is C11H21N. The van der Waals surface area contributed by atoms with E-state index in [4.69, 9.17) is 0 Å². The fraction of sp³-hybridized carbons (Fsp3) is 1.00. The Kier molecular flexibility index (Phi) is 1.95. The van der Waals surface area contributed by atoms with E-state index in [0.717, 1.165) is 0 Å². The van der Waals surface area contributed by atoms with Gasteiger partial charge in [0, 0.05) is 0 Å². The van der Waals surface area contributed by atoms with E-state index in [9.17, 15) is 0 Å². The monoisotopic (exact) mass is 167 g/mol. The van der Waals surface area contributed by atoms with Crippen LogP contribution in [0.1, 0.15) is 46.0 Å². The van der Waals surface area contributed by atoms with Crippen molar-refractivity contribution in [1.82, 2.24) is 5.32 Å². The molecule has 2 aliphatic rings. The summed E-state index contributed by atoms with van der Waals surface area (Å²) in [5.74, 6) is 0. The van der Waals surface area contributed by atoms with Crippen LogP contribution in [0, 0.1) is 10.8 Å². The van der Waals surface area contributed by atoms with Gasteiger partial charge in [0.05, 0.1) is 0 Å². The van der Waals surface area contributed by atoms with Gasteiger partial charge in [0.2, 0.25) is 0 Å². The van der Waals surface area contributed by atoms with Gasteiger partial charge in [-0.15, -0.1) is 0 Å². The second kappa shape index (κ2) is 2.73. The van der Waals surface area contributed by atoms with Crippen LogP contribution < -0.4 is 5.32 Å². The lowest BCUT2D eigenvalue weighted by atomic mass is 9.63. The van der Waals surface area contributed by atoms with Crippen molar-refractivity contribution >= 4 is 0 Å². The summed E-state index contributed by atoms with van der Waals surface area (Å²) in [6, 6.07) is 0. The standard InChI is InChI=1S/C11H21N/c1-10(2)4-3-5-11(10)6-8-12-9-7-11/h12H,3-9H2,1-2H3. The third-order valence-electron chi connectivity index (χ3n) is 4.45. The van der Waals surface area contributed by atoms with Crippen LogP contribution in [0.2, 0.25) is 0 Å². The van der Waals surface area contributed by atoms with Crippen molar-refractivity contribution in [3.05, 3.63) is 0 Å². The maximum Gasteiger partial charge on any atom is -0.00434 e. The van der Waals surface area contributed by atoms with E-state index in [1.807, 2.05) is 0 Å². The first kappa shape index (κ1) is 8.55. The van der Waals surface area contributed by atoms with E-state index in [2.05, 4.69) is 19.2 Å². The van der Waals surface area contributed by atoms with Crippen molar-refractivity contribution in [2.75, 3.05) is 13.1 Å². The second-order valence-corrected chi connectivity index (χ2v) is 5.27. The average Bonchev–Trinajstić information content (AvgIpc) is 2.30. The predicted octanol–water partition coefficient (Wildman–Crippen LogP) is 2.57. The first-order valence-electron chi connectivity index (χ1n) is 5.37. The molecule has 1 spiro atoms. The Morgan fingerprint density at radius 3 is 2.08 bits per heavy atom. The van der Waals surface area contributed by atoms with Gasteiger partial charge in [0.25, 0.3) is 0 Å². The Hall–Kier alpha value is -0.0400. The minimum atomic E-state index is 0.620. The summed E-state index contributed by atoms with van der Waals surface area (Å²) < 4.78 is 0. The highest BCUT2D eigenvalue weighted by molar-refractivity contribution is 4.99. The van der Waals surface area contributed by atoms with Gasteiger partial charge in [0.1, 0.15) is 0 Å². The summed E-state index contributed by atoms with van der Waals surface area (Å²) >= 11 is 0. The lowest BCUT2D eigenvalue weighted by Gasteiger charge is -2.45. The Morgan fingerprint density at radius 1 is 0.917 bits per heavy atom. The maximum absolute atomic E-state index is 3.47. The Morgan fingerprint density at radius 2 is 1.58 bits per heavy atom. The van der Waals surface area contributed by atoms with Crippen LogP contribution in [0.25, 0.3) is 0 Å². The molecule has 1 saturated carbocycles. The third-order valence-corrected chi connectivity index (χ3v) is 4.45. The fourth-order valence-electron chi connectivity index (χ4n) is 3.30. The second-order valence-electron chi connectivity index (χ2n) is 5.27. The van der Waals surface area contributed by atoms with Crippen molar-refractivity contribution in [3.8, 4) is 0 Å². The third kappa shape index (κ3) is 1.10. The van der Waals surface area contributed by atoms with Gasteiger partial charge >= 0.3 is 0 Å². The topological polar surface area (TPSA) is 12.0 Å².